The number of thioether (sulfide) groups is 1. The summed E-state index contributed by atoms with van der Waals surface area (Å²) in [4.78, 5) is 26.4. The van der Waals surface area contributed by atoms with Crippen molar-refractivity contribution in [3.63, 3.8) is 0 Å². The summed E-state index contributed by atoms with van der Waals surface area (Å²) < 4.78 is 8.68. The number of aryl methyl sites for hydroxylation is 1. The lowest BCUT2D eigenvalue weighted by Gasteiger charge is -2.14. The molecule has 3 aromatic carbocycles. The predicted octanol–water partition coefficient (Wildman–Crippen LogP) is 4.47. The van der Waals surface area contributed by atoms with Crippen LogP contribution >= 0.6 is 11.8 Å². The molecule has 1 atom stereocenters. The van der Waals surface area contributed by atoms with Gasteiger partial charge in [-0.3, -0.25) is 14.0 Å². The van der Waals surface area contributed by atoms with E-state index in [4.69, 9.17) is 4.74 Å². The molecular formula is C26H23N5O3S. The highest BCUT2D eigenvalue weighted by molar-refractivity contribution is 8.00. The number of rotatable bonds is 6. The van der Waals surface area contributed by atoms with Crippen molar-refractivity contribution in [3.8, 4) is 11.4 Å². The smallest absolute Gasteiger partial charge is 0.267 e. The first-order chi connectivity index (χ1) is 17.0. The van der Waals surface area contributed by atoms with Gasteiger partial charge in [-0.25, -0.2) is 4.57 Å². The fraction of sp³-hybridized carbons (Fsp3) is 0.154. The lowest BCUT2D eigenvalue weighted by molar-refractivity contribution is -0.115. The maximum atomic E-state index is 13.5. The summed E-state index contributed by atoms with van der Waals surface area (Å²) in [7, 11) is 1.58. The molecule has 9 heteroatoms. The molecule has 0 saturated carbocycles. The summed E-state index contributed by atoms with van der Waals surface area (Å²) >= 11 is 1.28. The molecule has 1 amide bonds. The number of hydrogen-bond acceptors (Lipinski definition) is 6. The van der Waals surface area contributed by atoms with E-state index >= 15 is 0 Å². The van der Waals surface area contributed by atoms with E-state index in [-0.39, 0.29) is 11.5 Å². The normalized spacial score (nSPS) is 12.1. The number of hydrogen-bond donors (Lipinski definition) is 1. The Hall–Kier alpha value is -4.11. The molecule has 0 fully saturated rings. The number of nitrogens with zero attached hydrogens (tertiary/aromatic N) is 4. The lowest BCUT2D eigenvalue weighted by atomic mass is 10.2. The highest BCUT2D eigenvalue weighted by Gasteiger charge is 2.22. The molecule has 0 saturated heterocycles. The van der Waals surface area contributed by atoms with Crippen molar-refractivity contribution in [2.24, 2.45) is 0 Å². The highest BCUT2D eigenvalue weighted by atomic mass is 32.2. The van der Waals surface area contributed by atoms with Crippen LogP contribution in [-0.2, 0) is 4.79 Å². The molecule has 0 aliphatic carbocycles. The topological polar surface area (TPSA) is 90.5 Å². The Kier molecular flexibility index (Phi) is 6.00. The average molecular weight is 486 g/mol. The van der Waals surface area contributed by atoms with Gasteiger partial charge in [0, 0.05) is 11.8 Å². The van der Waals surface area contributed by atoms with Crippen LogP contribution in [0.4, 0.5) is 5.69 Å². The molecule has 0 radical (unpaired) electrons. The van der Waals surface area contributed by atoms with E-state index in [0.717, 1.165) is 11.3 Å². The molecule has 8 nitrogen and oxygen atoms in total. The van der Waals surface area contributed by atoms with Crippen LogP contribution in [0.15, 0.2) is 82.7 Å². The standard InChI is InChI=1S/C26H23N5O3S/c1-16-11-13-18(14-12-16)27-23(32)17(2)35-26-29-28-25-30(19-7-6-8-20(15-19)34-3)24(33)21-9-4-5-10-22(21)31(25)26/h4-15,17H,1-3H3,(H,27,32). The van der Waals surface area contributed by atoms with E-state index in [0.29, 0.717) is 33.3 Å². The van der Waals surface area contributed by atoms with Crippen LogP contribution in [0, 0.1) is 6.92 Å². The average Bonchev–Trinajstić information content (AvgIpc) is 3.29. The summed E-state index contributed by atoms with van der Waals surface area (Å²) in [6, 6.07) is 22.2. The number of methoxy groups -OCH3 is 1. The van der Waals surface area contributed by atoms with Crippen molar-refractivity contribution in [1.82, 2.24) is 19.2 Å². The minimum atomic E-state index is -0.459. The second-order valence-electron chi connectivity index (χ2n) is 8.09. The molecule has 176 valence electrons. The van der Waals surface area contributed by atoms with Crippen molar-refractivity contribution >= 4 is 40.0 Å². The quantitative estimate of drug-likeness (QED) is 0.357. The van der Waals surface area contributed by atoms with Gasteiger partial charge in [-0.15, -0.1) is 10.2 Å². The molecule has 2 aromatic heterocycles. The number of fused-ring (bicyclic) bond motifs is 3. The first kappa shape index (κ1) is 22.7. The molecule has 0 aliphatic heterocycles. The van der Waals surface area contributed by atoms with Crippen LogP contribution in [0.5, 0.6) is 5.75 Å². The minimum Gasteiger partial charge on any atom is -0.497 e. The maximum Gasteiger partial charge on any atom is 0.267 e. The van der Waals surface area contributed by atoms with Gasteiger partial charge in [0.05, 0.1) is 29.0 Å². The number of nitrogens with one attached hydrogen (secondary N) is 1. The largest absolute Gasteiger partial charge is 0.497 e. The van der Waals surface area contributed by atoms with Crippen molar-refractivity contribution in [2.45, 2.75) is 24.3 Å². The van der Waals surface area contributed by atoms with Gasteiger partial charge >= 0.3 is 0 Å². The Morgan fingerprint density at radius 2 is 1.80 bits per heavy atom. The predicted molar refractivity (Wildman–Crippen MR) is 138 cm³/mol. The zero-order valence-corrected chi connectivity index (χ0v) is 20.2. The van der Waals surface area contributed by atoms with Crippen molar-refractivity contribution in [3.05, 3.63) is 88.7 Å². The van der Waals surface area contributed by atoms with E-state index in [2.05, 4.69) is 15.5 Å². The number of aromatic nitrogens is 4. The second kappa shape index (κ2) is 9.27. The van der Waals surface area contributed by atoms with Crippen LogP contribution in [0.1, 0.15) is 12.5 Å². The number of ether oxygens (including phenoxy) is 1. The third-order valence-electron chi connectivity index (χ3n) is 5.68. The fourth-order valence-corrected chi connectivity index (χ4v) is 4.69. The number of para-hydroxylation sites is 1. The van der Waals surface area contributed by atoms with E-state index in [1.807, 2.05) is 78.9 Å². The Bertz CT molecular complexity index is 1610. The van der Waals surface area contributed by atoms with Gasteiger partial charge < -0.3 is 10.1 Å². The Balaban J connectivity index is 1.58. The van der Waals surface area contributed by atoms with Crippen molar-refractivity contribution < 1.29 is 9.53 Å². The third-order valence-corrected chi connectivity index (χ3v) is 6.72. The SMILES string of the molecule is COc1cccc(-n2c(=O)c3ccccc3n3c(SC(C)C(=O)Nc4ccc(C)cc4)nnc23)c1. The first-order valence-electron chi connectivity index (χ1n) is 11.0. The van der Waals surface area contributed by atoms with Gasteiger partial charge in [0.1, 0.15) is 5.75 Å². The number of carbonyl (C=O) groups excluding carboxylic acids is 1. The van der Waals surface area contributed by atoms with Crippen LogP contribution in [-0.4, -0.2) is 37.4 Å². The van der Waals surface area contributed by atoms with Gasteiger partial charge in [0.25, 0.3) is 5.56 Å². The van der Waals surface area contributed by atoms with Crippen molar-refractivity contribution in [1.29, 1.82) is 0 Å². The van der Waals surface area contributed by atoms with Gasteiger partial charge in [-0.2, -0.15) is 0 Å². The van der Waals surface area contributed by atoms with Crippen LogP contribution in [0.3, 0.4) is 0 Å². The summed E-state index contributed by atoms with van der Waals surface area (Å²) in [6.07, 6.45) is 0. The van der Waals surface area contributed by atoms with Gasteiger partial charge in [0.15, 0.2) is 5.16 Å². The van der Waals surface area contributed by atoms with Crippen LogP contribution in [0.2, 0.25) is 0 Å². The molecule has 0 spiro atoms. The van der Waals surface area contributed by atoms with E-state index in [1.165, 1.54) is 16.3 Å². The summed E-state index contributed by atoms with van der Waals surface area (Å²) in [5.74, 6) is 0.827. The number of benzene rings is 3. The molecule has 5 rings (SSSR count). The first-order valence-corrected chi connectivity index (χ1v) is 11.9. The van der Waals surface area contributed by atoms with Gasteiger partial charge in [-0.05, 0) is 50.2 Å². The van der Waals surface area contributed by atoms with Crippen molar-refractivity contribution in [2.75, 3.05) is 12.4 Å². The summed E-state index contributed by atoms with van der Waals surface area (Å²) in [6.45, 7) is 3.81. The monoisotopic (exact) mass is 485 g/mol. The van der Waals surface area contributed by atoms with Gasteiger partial charge in [0.2, 0.25) is 11.7 Å². The summed E-state index contributed by atoms with van der Waals surface area (Å²) in [5, 5.41) is 12.2. The molecule has 1 N–H and O–H groups in total. The number of amides is 1. The fourth-order valence-electron chi connectivity index (χ4n) is 3.83. The van der Waals surface area contributed by atoms with E-state index in [1.54, 1.807) is 19.2 Å². The number of anilines is 1. The highest BCUT2D eigenvalue weighted by Crippen LogP contribution is 2.27. The molecule has 5 aromatic rings. The van der Waals surface area contributed by atoms with E-state index < -0.39 is 5.25 Å². The summed E-state index contributed by atoms with van der Waals surface area (Å²) in [5.41, 5.74) is 2.92. The zero-order valence-electron chi connectivity index (χ0n) is 19.4. The van der Waals surface area contributed by atoms with Gasteiger partial charge in [-0.1, -0.05) is 47.7 Å². The molecular weight excluding hydrogens is 462 g/mol. The van der Waals surface area contributed by atoms with Crippen LogP contribution < -0.4 is 15.6 Å². The maximum absolute atomic E-state index is 13.5. The molecule has 35 heavy (non-hydrogen) atoms. The minimum absolute atomic E-state index is 0.152. The Morgan fingerprint density at radius 3 is 2.57 bits per heavy atom. The second-order valence-corrected chi connectivity index (χ2v) is 9.40. The Morgan fingerprint density at radius 1 is 1.03 bits per heavy atom. The van der Waals surface area contributed by atoms with Crippen LogP contribution in [0.25, 0.3) is 22.4 Å². The van der Waals surface area contributed by atoms with E-state index in [9.17, 15) is 9.59 Å². The molecule has 2 heterocycles. The molecule has 0 aliphatic rings. The lowest BCUT2D eigenvalue weighted by Crippen LogP contribution is -2.23. The zero-order chi connectivity index (χ0) is 24.5. The number of carbonyl (C=O) groups is 1. The molecule has 1 unspecified atom stereocenters. The molecule has 0 bridgehead atoms. The Labute approximate surface area is 205 Å². The third kappa shape index (κ3) is 4.26.